The average Bonchev–Trinajstić information content (AvgIpc) is 2.47. The van der Waals surface area contributed by atoms with Crippen LogP contribution in [0.4, 0.5) is 0 Å². The van der Waals surface area contributed by atoms with E-state index in [0.29, 0.717) is 12.0 Å². The van der Waals surface area contributed by atoms with Gasteiger partial charge in [-0.25, -0.2) is 13.1 Å². The number of sulfonamides is 1. The summed E-state index contributed by atoms with van der Waals surface area (Å²) in [5.41, 5.74) is 1.52. The molecule has 0 radical (unpaired) electrons. The van der Waals surface area contributed by atoms with Gasteiger partial charge in [0.1, 0.15) is 0 Å². The SMILES string of the molecule is CC(O)CCNS(=O)(=O)c1ccccc1-c1ccccc1. The molecular weight excluding hydrogens is 286 g/mol. The van der Waals surface area contributed by atoms with E-state index in [4.69, 9.17) is 0 Å². The molecule has 0 aromatic heterocycles. The zero-order valence-corrected chi connectivity index (χ0v) is 12.7. The van der Waals surface area contributed by atoms with Gasteiger partial charge in [0.05, 0.1) is 11.0 Å². The zero-order valence-electron chi connectivity index (χ0n) is 11.9. The highest BCUT2D eigenvalue weighted by Crippen LogP contribution is 2.26. The fourth-order valence-electron chi connectivity index (χ4n) is 2.04. The Labute approximate surface area is 125 Å². The number of aliphatic hydroxyl groups is 1. The van der Waals surface area contributed by atoms with Gasteiger partial charge < -0.3 is 5.11 Å². The second-order valence-corrected chi connectivity index (χ2v) is 6.63. The molecule has 0 saturated carbocycles. The fraction of sp³-hybridized carbons (Fsp3) is 0.250. The van der Waals surface area contributed by atoms with E-state index in [-0.39, 0.29) is 11.4 Å². The van der Waals surface area contributed by atoms with Gasteiger partial charge in [0.15, 0.2) is 0 Å². The van der Waals surface area contributed by atoms with E-state index in [0.717, 1.165) is 5.56 Å². The van der Waals surface area contributed by atoms with Crippen molar-refractivity contribution >= 4 is 10.0 Å². The molecule has 0 fully saturated rings. The highest BCUT2D eigenvalue weighted by atomic mass is 32.2. The minimum atomic E-state index is -3.60. The molecule has 0 aliphatic carbocycles. The number of benzene rings is 2. The lowest BCUT2D eigenvalue weighted by Gasteiger charge is -2.12. The predicted octanol–water partition coefficient (Wildman–Crippen LogP) is 2.40. The molecule has 0 spiro atoms. The average molecular weight is 305 g/mol. The van der Waals surface area contributed by atoms with Crippen LogP contribution >= 0.6 is 0 Å². The van der Waals surface area contributed by atoms with Crippen LogP contribution in [0.5, 0.6) is 0 Å². The Hall–Kier alpha value is -1.69. The number of hydrogen-bond acceptors (Lipinski definition) is 3. The van der Waals surface area contributed by atoms with E-state index >= 15 is 0 Å². The monoisotopic (exact) mass is 305 g/mol. The van der Waals surface area contributed by atoms with Crippen LogP contribution in [0.15, 0.2) is 59.5 Å². The normalized spacial score (nSPS) is 13.0. The van der Waals surface area contributed by atoms with Crippen molar-refractivity contribution in [1.82, 2.24) is 4.72 Å². The van der Waals surface area contributed by atoms with Gasteiger partial charge in [-0.1, -0.05) is 48.5 Å². The Kier molecular flexibility index (Phi) is 5.12. The van der Waals surface area contributed by atoms with Crippen molar-refractivity contribution in [3.63, 3.8) is 0 Å². The molecule has 0 heterocycles. The predicted molar refractivity (Wildman–Crippen MR) is 83.4 cm³/mol. The highest BCUT2D eigenvalue weighted by Gasteiger charge is 2.18. The summed E-state index contributed by atoms with van der Waals surface area (Å²) in [6, 6.07) is 16.3. The first kappa shape index (κ1) is 15.7. The topological polar surface area (TPSA) is 66.4 Å². The van der Waals surface area contributed by atoms with Crippen molar-refractivity contribution in [3.05, 3.63) is 54.6 Å². The van der Waals surface area contributed by atoms with Gasteiger partial charge in [-0.05, 0) is 25.0 Å². The molecule has 1 atom stereocenters. The molecule has 1 unspecified atom stereocenters. The number of hydrogen-bond donors (Lipinski definition) is 2. The molecule has 112 valence electrons. The van der Waals surface area contributed by atoms with Crippen LogP contribution < -0.4 is 4.72 Å². The van der Waals surface area contributed by atoms with Gasteiger partial charge in [0.2, 0.25) is 10.0 Å². The molecule has 2 aromatic carbocycles. The van der Waals surface area contributed by atoms with E-state index in [1.54, 1.807) is 25.1 Å². The Morgan fingerprint density at radius 3 is 2.33 bits per heavy atom. The smallest absolute Gasteiger partial charge is 0.241 e. The Balaban J connectivity index is 2.32. The van der Waals surface area contributed by atoms with Crippen molar-refractivity contribution in [2.45, 2.75) is 24.3 Å². The molecular formula is C16H19NO3S. The maximum atomic E-state index is 12.4. The van der Waals surface area contributed by atoms with Crippen LogP contribution in [0.2, 0.25) is 0 Å². The summed E-state index contributed by atoms with van der Waals surface area (Å²) in [5, 5.41) is 9.22. The minimum absolute atomic E-state index is 0.211. The summed E-state index contributed by atoms with van der Waals surface area (Å²) in [6.45, 7) is 1.84. The lowest BCUT2D eigenvalue weighted by atomic mass is 10.1. The van der Waals surface area contributed by atoms with E-state index in [1.807, 2.05) is 36.4 Å². The van der Waals surface area contributed by atoms with Gasteiger partial charge in [-0.3, -0.25) is 0 Å². The van der Waals surface area contributed by atoms with Crippen LogP contribution in [0, 0.1) is 0 Å². The van der Waals surface area contributed by atoms with Crippen molar-refractivity contribution in [1.29, 1.82) is 0 Å². The van der Waals surface area contributed by atoms with E-state index in [1.165, 1.54) is 0 Å². The van der Waals surface area contributed by atoms with Gasteiger partial charge in [-0.15, -0.1) is 0 Å². The standard InChI is InChI=1S/C16H19NO3S/c1-13(18)11-12-17-21(19,20)16-10-6-5-9-15(16)14-7-3-2-4-8-14/h2-10,13,17-18H,11-12H2,1H3. The molecule has 21 heavy (non-hydrogen) atoms. The number of rotatable bonds is 6. The minimum Gasteiger partial charge on any atom is -0.393 e. The molecule has 2 aromatic rings. The third-order valence-corrected chi connectivity index (χ3v) is 4.63. The van der Waals surface area contributed by atoms with Crippen molar-refractivity contribution in [2.24, 2.45) is 0 Å². The van der Waals surface area contributed by atoms with Crippen molar-refractivity contribution in [2.75, 3.05) is 6.54 Å². The quantitative estimate of drug-likeness (QED) is 0.861. The van der Waals surface area contributed by atoms with Gasteiger partial charge >= 0.3 is 0 Å². The molecule has 4 nitrogen and oxygen atoms in total. The summed E-state index contributed by atoms with van der Waals surface area (Å²) in [6.07, 6.45) is -0.149. The maximum absolute atomic E-state index is 12.4. The second-order valence-electron chi connectivity index (χ2n) is 4.90. The summed E-state index contributed by atoms with van der Waals surface area (Å²) < 4.78 is 27.4. The first-order chi connectivity index (χ1) is 10.0. The summed E-state index contributed by atoms with van der Waals surface area (Å²) in [7, 11) is -3.60. The van der Waals surface area contributed by atoms with Crippen LogP contribution in [0.3, 0.4) is 0 Å². The third kappa shape index (κ3) is 4.14. The number of aliphatic hydroxyl groups excluding tert-OH is 1. The fourth-order valence-corrected chi connectivity index (χ4v) is 3.31. The van der Waals surface area contributed by atoms with Crippen LogP contribution in [-0.4, -0.2) is 26.2 Å². The molecule has 2 rings (SSSR count). The third-order valence-electron chi connectivity index (χ3n) is 3.12. The van der Waals surface area contributed by atoms with E-state index in [2.05, 4.69) is 4.72 Å². The molecule has 0 aliphatic heterocycles. The van der Waals surface area contributed by atoms with E-state index in [9.17, 15) is 13.5 Å². The molecule has 5 heteroatoms. The molecule has 0 saturated heterocycles. The molecule has 2 N–H and O–H groups in total. The lowest BCUT2D eigenvalue weighted by Crippen LogP contribution is -2.27. The van der Waals surface area contributed by atoms with Crippen molar-refractivity contribution in [3.8, 4) is 11.1 Å². The number of nitrogens with one attached hydrogen (secondary N) is 1. The Morgan fingerprint density at radius 2 is 1.67 bits per heavy atom. The summed E-state index contributed by atoms with van der Waals surface area (Å²) in [5.74, 6) is 0. The van der Waals surface area contributed by atoms with E-state index < -0.39 is 16.1 Å². The second kappa shape index (κ2) is 6.85. The first-order valence-corrected chi connectivity index (χ1v) is 8.31. The molecule has 0 amide bonds. The summed E-state index contributed by atoms with van der Waals surface area (Å²) >= 11 is 0. The molecule has 0 bridgehead atoms. The van der Waals surface area contributed by atoms with Gasteiger partial charge in [0.25, 0.3) is 0 Å². The first-order valence-electron chi connectivity index (χ1n) is 6.83. The maximum Gasteiger partial charge on any atom is 0.241 e. The van der Waals surface area contributed by atoms with Crippen LogP contribution in [-0.2, 0) is 10.0 Å². The lowest BCUT2D eigenvalue weighted by molar-refractivity contribution is 0.186. The van der Waals surface area contributed by atoms with Gasteiger partial charge in [-0.2, -0.15) is 0 Å². The largest absolute Gasteiger partial charge is 0.393 e. The molecule has 0 aliphatic rings. The van der Waals surface area contributed by atoms with Crippen LogP contribution in [0.25, 0.3) is 11.1 Å². The van der Waals surface area contributed by atoms with Crippen LogP contribution in [0.1, 0.15) is 13.3 Å². The highest BCUT2D eigenvalue weighted by molar-refractivity contribution is 7.89. The Bertz CT molecular complexity index is 682. The summed E-state index contributed by atoms with van der Waals surface area (Å²) in [4.78, 5) is 0.252. The van der Waals surface area contributed by atoms with Gasteiger partial charge in [0, 0.05) is 12.1 Å². The Morgan fingerprint density at radius 1 is 1.05 bits per heavy atom. The van der Waals surface area contributed by atoms with Crippen molar-refractivity contribution < 1.29 is 13.5 Å². The zero-order chi connectivity index (χ0) is 15.3.